The van der Waals surface area contributed by atoms with Crippen molar-refractivity contribution in [2.24, 2.45) is 5.92 Å². The molecule has 0 aliphatic carbocycles. The van der Waals surface area contributed by atoms with Gasteiger partial charge in [0, 0.05) is 24.7 Å². The summed E-state index contributed by atoms with van der Waals surface area (Å²) in [5.74, 6) is -1.29. The van der Waals surface area contributed by atoms with Crippen molar-refractivity contribution in [1.82, 2.24) is 4.90 Å². The van der Waals surface area contributed by atoms with E-state index in [4.69, 9.17) is 11.6 Å². The Morgan fingerprint density at radius 3 is 2.31 bits per heavy atom. The number of alkyl halides is 1. The molecule has 1 aliphatic heterocycles. The molecule has 0 aromatic heterocycles. The molecule has 1 unspecified atom stereocenters. The monoisotopic (exact) mass is 375 g/mol. The predicted molar refractivity (Wildman–Crippen MR) is 101 cm³/mol. The van der Waals surface area contributed by atoms with Gasteiger partial charge < -0.3 is 10.0 Å². The Morgan fingerprint density at radius 1 is 1.12 bits per heavy atom. The first-order chi connectivity index (χ1) is 12.5. The van der Waals surface area contributed by atoms with Crippen LogP contribution in [0.15, 0.2) is 54.6 Å². The zero-order chi connectivity index (χ0) is 18.6. The number of rotatable bonds is 6. The van der Waals surface area contributed by atoms with Crippen LogP contribution in [0.4, 0.5) is 4.39 Å². The number of hydrogen-bond acceptors (Lipinski definition) is 2. The summed E-state index contributed by atoms with van der Waals surface area (Å²) in [5, 5.41) is 10.2. The lowest BCUT2D eigenvalue weighted by Gasteiger charge is -2.37. The van der Waals surface area contributed by atoms with Crippen LogP contribution in [-0.2, 0) is 16.9 Å². The molecule has 5 heteroatoms. The third-order valence-electron chi connectivity index (χ3n) is 5.16. The van der Waals surface area contributed by atoms with Crippen LogP contribution in [0, 0.1) is 5.92 Å². The van der Waals surface area contributed by atoms with Gasteiger partial charge in [-0.2, -0.15) is 0 Å². The van der Waals surface area contributed by atoms with Gasteiger partial charge in [0.1, 0.15) is 5.67 Å². The molecule has 1 aliphatic rings. The lowest BCUT2D eigenvalue weighted by molar-refractivity contribution is -0.142. The van der Waals surface area contributed by atoms with E-state index in [1.165, 1.54) is 0 Å². The van der Waals surface area contributed by atoms with Crippen LogP contribution in [0.25, 0.3) is 0 Å². The molecule has 26 heavy (non-hydrogen) atoms. The molecule has 1 atom stereocenters. The Hall–Kier alpha value is -1.91. The fourth-order valence-corrected chi connectivity index (χ4v) is 3.69. The minimum Gasteiger partial charge on any atom is -0.481 e. The average molecular weight is 376 g/mol. The molecule has 1 N–H and O–H groups in total. The highest BCUT2D eigenvalue weighted by molar-refractivity contribution is 6.30. The first-order valence-electron chi connectivity index (χ1n) is 8.90. The number of carbonyl (C=O) groups is 1. The Morgan fingerprint density at radius 2 is 1.73 bits per heavy atom. The van der Waals surface area contributed by atoms with Gasteiger partial charge in [0.25, 0.3) is 0 Å². The molecular formula is C21H23ClFNO2. The van der Waals surface area contributed by atoms with Crippen LogP contribution in [0.1, 0.15) is 24.0 Å². The molecule has 1 heterocycles. The van der Waals surface area contributed by atoms with Crippen molar-refractivity contribution in [3.63, 3.8) is 0 Å². The first-order valence-corrected chi connectivity index (χ1v) is 9.28. The summed E-state index contributed by atoms with van der Waals surface area (Å²) in [5.41, 5.74) is 0.303. The van der Waals surface area contributed by atoms with Gasteiger partial charge in [0.2, 0.25) is 0 Å². The molecule has 2 aromatic carbocycles. The molecule has 0 radical (unpaired) electrons. The minimum absolute atomic E-state index is 0.367. The first kappa shape index (κ1) is 18.9. The Labute approximate surface area is 158 Å². The highest BCUT2D eigenvalue weighted by atomic mass is 35.5. The van der Waals surface area contributed by atoms with Crippen LogP contribution in [-0.4, -0.2) is 35.6 Å². The number of carboxylic acids is 1. The molecule has 0 spiro atoms. The summed E-state index contributed by atoms with van der Waals surface area (Å²) in [7, 11) is 0. The predicted octanol–water partition coefficient (Wildman–Crippen LogP) is 4.54. The van der Waals surface area contributed by atoms with Gasteiger partial charge in [-0.3, -0.25) is 4.79 Å². The second-order valence-electron chi connectivity index (χ2n) is 7.00. The number of nitrogens with zero attached hydrogens (tertiary/aromatic N) is 1. The quantitative estimate of drug-likeness (QED) is 0.805. The molecule has 2 aromatic rings. The number of benzene rings is 2. The Kier molecular flexibility index (Phi) is 5.94. The molecule has 0 bridgehead atoms. The van der Waals surface area contributed by atoms with Crippen molar-refractivity contribution in [3.8, 4) is 0 Å². The van der Waals surface area contributed by atoms with Crippen molar-refractivity contribution in [1.29, 1.82) is 0 Å². The Balaban J connectivity index is 1.59. The molecule has 138 valence electrons. The number of hydrogen-bond donors (Lipinski definition) is 1. The summed E-state index contributed by atoms with van der Waals surface area (Å²) < 4.78 is 15.3. The van der Waals surface area contributed by atoms with E-state index in [0.29, 0.717) is 49.5 Å². The third kappa shape index (κ3) is 4.63. The van der Waals surface area contributed by atoms with Crippen molar-refractivity contribution >= 4 is 17.6 Å². The van der Waals surface area contributed by atoms with Gasteiger partial charge in [0.15, 0.2) is 0 Å². The zero-order valence-electron chi connectivity index (χ0n) is 14.6. The topological polar surface area (TPSA) is 40.5 Å². The van der Waals surface area contributed by atoms with Crippen LogP contribution in [0.3, 0.4) is 0 Å². The molecule has 3 rings (SSSR count). The normalized spacial score (nSPS) is 18.4. The van der Waals surface area contributed by atoms with Gasteiger partial charge in [-0.1, -0.05) is 54.1 Å². The number of carboxylic acid groups (broad SMARTS) is 1. The van der Waals surface area contributed by atoms with Crippen LogP contribution < -0.4 is 0 Å². The van der Waals surface area contributed by atoms with E-state index in [2.05, 4.69) is 4.90 Å². The Bertz CT molecular complexity index is 727. The van der Waals surface area contributed by atoms with Crippen molar-refractivity contribution in [3.05, 3.63) is 70.7 Å². The average Bonchev–Trinajstić information content (AvgIpc) is 2.64. The second-order valence-corrected chi connectivity index (χ2v) is 7.43. The maximum atomic E-state index is 15.3. The molecule has 0 amide bonds. The number of aliphatic carboxylic acids is 1. The van der Waals surface area contributed by atoms with Crippen molar-refractivity contribution in [2.75, 3.05) is 19.6 Å². The van der Waals surface area contributed by atoms with E-state index in [1.54, 1.807) is 24.3 Å². The maximum Gasteiger partial charge on any atom is 0.308 e. The molecular weight excluding hydrogens is 353 g/mol. The summed E-state index contributed by atoms with van der Waals surface area (Å²) in [4.78, 5) is 13.7. The zero-order valence-corrected chi connectivity index (χ0v) is 15.3. The highest BCUT2D eigenvalue weighted by Crippen LogP contribution is 2.37. The molecule has 3 nitrogen and oxygen atoms in total. The highest BCUT2D eigenvalue weighted by Gasteiger charge is 2.37. The number of piperidine rings is 1. The van der Waals surface area contributed by atoms with E-state index in [9.17, 15) is 9.90 Å². The van der Waals surface area contributed by atoms with E-state index < -0.39 is 17.6 Å². The smallest absolute Gasteiger partial charge is 0.308 e. The fourth-order valence-electron chi connectivity index (χ4n) is 3.57. The van der Waals surface area contributed by atoms with Crippen molar-refractivity contribution < 1.29 is 14.3 Å². The summed E-state index contributed by atoms with van der Waals surface area (Å²) in [6, 6.07) is 16.5. The van der Waals surface area contributed by atoms with E-state index in [-0.39, 0.29) is 0 Å². The summed E-state index contributed by atoms with van der Waals surface area (Å²) in [6.07, 6.45) is 1.23. The van der Waals surface area contributed by atoms with Crippen LogP contribution in [0.5, 0.6) is 0 Å². The third-order valence-corrected chi connectivity index (χ3v) is 5.41. The van der Waals surface area contributed by atoms with Gasteiger partial charge in [-0.15, -0.1) is 0 Å². The minimum atomic E-state index is -1.36. The molecule has 1 saturated heterocycles. The summed E-state index contributed by atoms with van der Waals surface area (Å²) in [6.45, 7) is 1.55. The number of likely N-dealkylation sites (tertiary alicyclic amines) is 1. The number of halogens is 2. The van der Waals surface area contributed by atoms with Gasteiger partial charge in [-0.05, 0) is 42.5 Å². The van der Waals surface area contributed by atoms with Crippen molar-refractivity contribution in [2.45, 2.75) is 24.9 Å². The van der Waals surface area contributed by atoms with Gasteiger partial charge in [0.05, 0.1) is 5.92 Å². The van der Waals surface area contributed by atoms with Gasteiger partial charge in [-0.25, -0.2) is 4.39 Å². The maximum absolute atomic E-state index is 15.3. The lowest BCUT2D eigenvalue weighted by atomic mass is 9.85. The standard InChI is InChI=1S/C21H23ClFNO2/c22-19-8-6-18(7-9-19)21(23)10-12-24(13-11-21)15-17(20(25)26)14-16-4-2-1-3-5-16/h1-9,17H,10-15H2,(H,25,26). The van der Waals surface area contributed by atoms with E-state index in [1.807, 2.05) is 30.3 Å². The largest absolute Gasteiger partial charge is 0.481 e. The lowest BCUT2D eigenvalue weighted by Crippen LogP contribution is -2.43. The molecule has 0 saturated carbocycles. The summed E-state index contributed by atoms with van der Waals surface area (Å²) >= 11 is 5.89. The van der Waals surface area contributed by atoms with E-state index in [0.717, 1.165) is 5.56 Å². The molecule has 1 fully saturated rings. The SMILES string of the molecule is O=C(O)C(Cc1ccccc1)CN1CCC(F)(c2ccc(Cl)cc2)CC1. The van der Waals surface area contributed by atoms with Crippen LogP contribution >= 0.6 is 11.6 Å². The second kappa shape index (κ2) is 8.19. The fraction of sp³-hybridized carbons (Fsp3) is 0.381. The van der Waals surface area contributed by atoms with E-state index >= 15 is 4.39 Å². The van der Waals surface area contributed by atoms with Gasteiger partial charge >= 0.3 is 5.97 Å². The van der Waals surface area contributed by atoms with Crippen LogP contribution in [0.2, 0.25) is 5.02 Å².